The number of halogens is 1. The van der Waals surface area contributed by atoms with Crippen molar-refractivity contribution in [2.75, 3.05) is 5.88 Å². The molecule has 1 heterocycles. The van der Waals surface area contributed by atoms with Gasteiger partial charge in [-0.3, -0.25) is 0 Å². The quantitative estimate of drug-likeness (QED) is 0.791. The normalized spacial score (nSPS) is 13.2. The van der Waals surface area contributed by atoms with Crippen LogP contribution < -0.4 is 4.72 Å². The molecule has 0 radical (unpaired) electrons. The van der Waals surface area contributed by atoms with Gasteiger partial charge in [0, 0.05) is 30.9 Å². The lowest BCUT2D eigenvalue weighted by atomic mass is 10.2. The summed E-state index contributed by atoms with van der Waals surface area (Å²) in [5.41, 5.74) is 1.02. The summed E-state index contributed by atoms with van der Waals surface area (Å²) in [6, 6.07) is 6.56. The third-order valence-electron chi connectivity index (χ3n) is 3.02. The number of nitrogens with one attached hydrogen (secondary N) is 1. The molecule has 0 saturated carbocycles. The summed E-state index contributed by atoms with van der Waals surface area (Å²) in [4.78, 5) is 4.19. The zero-order valence-electron chi connectivity index (χ0n) is 11.7. The van der Waals surface area contributed by atoms with Crippen molar-refractivity contribution in [3.63, 3.8) is 0 Å². The van der Waals surface area contributed by atoms with E-state index in [1.165, 1.54) is 0 Å². The summed E-state index contributed by atoms with van der Waals surface area (Å²) < 4.78 is 29.0. The van der Waals surface area contributed by atoms with Crippen LogP contribution in [0.2, 0.25) is 0 Å². The number of nitrogens with zero attached hydrogens (tertiary/aromatic N) is 2. The number of hydrogen-bond acceptors (Lipinski definition) is 3. The van der Waals surface area contributed by atoms with E-state index in [0.29, 0.717) is 12.4 Å². The summed E-state index contributed by atoms with van der Waals surface area (Å²) >= 11 is 5.66. The van der Waals surface area contributed by atoms with Crippen LogP contribution in [0.4, 0.5) is 0 Å². The minimum atomic E-state index is -3.51. The van der Waals surface area contributed by atoms with E-state index in [9.17, 15) is 8.42 Å². The van der Waals surface area contributed by atoms with Gasteiger partial charge in [0.2, 0.25) is 10.0 Å². The Morgan fingerprint density at radius 2 is 2.05 bits per heavy atom. The zero-order chi connectivity index (χ0) is 15.3. The SMILES string of the molecule is CC(Cn1ccnc1)NS(=O)(=O)c1ccc(CCCl)cc1. The van der Waals surface area contributed by atoms with Gasteiger partial charge in [0.25, 0.3) is 0 Å². The average molecular weight is 328 g/mol. The second-order valence-corrected chi connectivity index (χ2v) is 6.96. The second-order valence-electron chi connectivity index (χ2n) is 4.86. The lowest BCUT2D eigenvalue weighted by molar-refractivity contribution is 0.520. The van der Waals surface area contributed by atoms with Gasteiger partial charge in [-0.25, -0.2) is 18.1 Å². The molecule has 114 valence electrons. The summed E-state index contributed by atoms with van der Waals surface area (Å²) in [5.74, 6) is 0.520. The first kappa shape index (κ1) is 16.0. The fourth-order valence-corrected chi connectivity index (χ4v) is 3.48. The molecule has 0 amide bonds. The Hall–Kier alpha value is -1.37. The second kappa shape index (κ2) is 7.06. The van der Waals surface area contributed by atoms with Crippen molar-refractivity contribution in [2.24, 2.45) is 0 Å². The molecule has 2 aromatic rings. The highest BCUT2D eigenvalue weighted by Crippen LogP contribution is 2.12. The summed E-state index contributed by atoms with van der Waals surface area (Å²) in [6.45, 7) is 2.35. The van der Waals surface area contributed by atoms with Crippen molar-refractivity contribution in [2.45, 2.75) is 30.8 Å². The molecule has 7 heteroatoms. The molecule has 0 aliphatic heterocycles. The standard InChI is InChI=1S/C14H18ClN3O2S/c1-12(10-18-9-8-16-11-18)17-21(19,20)14-4-2-13(3-5-14)6-7-15/h2-5,8-9,11-12,17H,6-7,10H2,1H3. The van der Waals surface area contributed by atoms with E-state index in [1.54, 1.807) is 43.0 Å². The maximum absolute atomic E-state index is 12.3. The number of aromatic nitrogens is 2. The van der Waals surface area contributed by atoms with Gasteiger partial charge in [-0.05, 0) is 31.0 Å². The molecule has 0 fully saturated rings. The average Bonchev–Trinajstić information content (AvgIpc) is 2.92. The monoisotopic (exact) mass is 327 g/mol. The van der Waals surface area contributed by atoms with E-state index in [-0.39, 0.29) is 10.9 Å². The van der Waals surface area contributed by atoms with Gasteiger partial charge in [-0.2, -0.15) is 0 Å². The first-order chi connectivity index (χ1) is 10.0. The van der Waals surface area contributed by atoms with Crippen LogP contribution in [0.25, 0.3) is 0 Å². The van der Waals surface area contributed by atoms with Crippen LogP contribution in [0, 0.1) is 0 Å². The van der Waals surface area contributed by atoms with Gasteiger partial charge in [0.15, 0.2) is 0 Å². The van der Waals surface area contributed by atoms with E-state index >= 15 is 0 Å². The van der Waals surface area contributed by atoms with Crippen LogP contribution in [-0.2, 0) is 23.0 Å². The first-order valence-corrected chi connectivity index (χ1v) is 8.66. The minimum Gasteiger partial charge on any atom is -0.336 e. The van der Waals surface area contributed by atoms with E-state index in [0.717, 1.165) is 12.0 Å². The predicted molar refractivity (Wildman–Crippen MR) is 82.9 cm³/mol. The molecular formula is C14H18ClN3O2S. The molecule has 1 aromatic carbocycles. The summed E-state index contributed by atoms with van der Waals surface area (Å²) in [5, 5.41) is 0. The zero-order valence-corrected chi connectivity index (χ0v) is 13.3. The maximum Gasteiger partial charge on any atom is 0.240 e. The third kappa shape index (κ3) is 4.56. The number of benzene rings is 1. The van der Waals surface area contributed by atoms with Crippen molar-refractivity contribution in [3.05, 3.63) is 48.5 Å². The molecule has 1 N–H and O–H groups in total. The predicted octanol–water partition coefficient (Wildman–Crippen LogP) is 2.03. The van der Waals surface area contributed by atoms with Gasteiger partial charge in [-0.1, -0.05) is 12.1 Å². The molecule has 5 nitrogen and oxygen atoms in total. The van der Waals surface area contributed by atoms with E-state index in [4.69, 9.17) is 11.6 Å². The number of alkyl halides is 1. The fraction of sp³-hybridized carbons (Fsp3) is 0.357. The number of hydrogen-bond donors (Lipinski definition) is 1. The molecule has 1 atom stereocenters. The fourth-order valence-electron chi connectivity index (χ4n) is 2.03. The topological polar surface area (TPSA) is 64.0 Å². The summed E-state index contributed by atoms with van der Waals surface area (Å²) in [7, 11) is -3.51. The lowest BCUT2D eigenvalue weighted by Crippen LogP contribution is -2.35. The largest absolute Gasteiger partial charge is 0.336 e. The van der Waals surface area contributed by atoms with Crippen molar-refractivity contribution in [3.8, 4) is 0 Å². The van der Waals surface area contributed by atoms with Crippen molar-refractivity contribution in [1.29, 1.82) is 0 Å². The van der Waals surface area contributed by atoms with E-state index in [1.807, 2.05) is 11.5 Å². The highest BCUT2D eigenvalue weighted by atomic mass is 35.5. The lowest BCUT2D eigenvalue weighted by Gasteiger charge is -2.15. The van der Waals surface area contributed by atoms with Crippen molar-refractivity contribution in [1.82, 2.24) is 14.3 Å². The van der Waals surface area contributed by atoms with Gasteiger partial charge < -0.3 is 4.57 Å². The molecule has 0 spiro atoms. The van der Waals surface area contributed by atoms with Crippen LogP contribution in [0.5, 0.6) is 0 Å². The van der Waals surface area contributed by atoms with Crippen LogP contribution in [0.1, 0.15) is 12.5 Å². The highest BCUT2D eigenvalue weighted by Gasteiger charge is 2.17. The Morgan fingerprint density at radius 1 is 1.33 bits per heavy atom. The number of sulfonamides is 1. The van der Waals surface area contributed by atoms with Crippen molar-refractivity contribution >= 4 is 21.6 Å². The molecule has 0 aliphatic carbocycles. The van der Waals surface area contributed by atoms with E-state index in [2.05, 4.69) is 9.71 Å². The molecule has 2 rings (SSSR count). The van der Waals surface area contributed by atoms with Crippen LogP contribution in [-0.4, -0.2) is 29.9 Å². The molecular weight excluding hydrogens is 310 g/mol. The van der Waals surface area contributed by atoms with E-state index < -0.39 is 10.0 Å². The Labute approximate surface area is 130 Å². The number of aryl methyl sites for hydroxylation is 1. The molecule has 0 aliphatic rings. The molecule has 0 saturated heterocycles. The molecule has 21 heavy (non-hydrogen) atoms. The van der Waals surface area contributed by atoms with Crippen LogP contribution in [0.15, 0.2) is 47.9 Å². The number of rotatable bonds is 7. The Bertz CT molecular complexity index is 654. The molecule has 0 bridgehead atoms. The van der Waals surface area contributed by atoms with Gasteiger partial charge in [0.05, 0.1) is 11.2 Å². The van der Waals surface area contributed by atoms with Gasteiger partial charge in [-0.15, -0.1) is 11.6 Å². The maximum atomic E-state index is 12.3. The van der Waals surface area contributed by atoms with Crippen LogP contribution >= 0.6 is 11.6 Å². The first-order valence-electron chi connectivity index (χ1n) is 6.64. The highest BCUT2D eigenvalue weighted by molar-refractivity contribution is 7.89. The Morgan fingerprint density at radius 3 is 2.62 bits per heavy atom. The Kier molecular flexibility index (Phi) is 5.39. The van der Waals surface area contributed by atoms with Crippen molar-refractivity contribution < 1.29 is 8.42 Å². The smallest absolute Gasteiger partial charge is 0.240 e. The third-order valence-corrected chi connectivity index (χ3v) is 4.81. The Balaban J connectivity index is 2.03. The summed E-state index contributed by atoms with van der Waals surface area (Å²) in [6.07, 6.45) is 5.85. The van der Waals surface area contributed by atoms with Crippen LogP contribution in [0.3, 0.4) is 0 Å². The number of imidazole rings is 1. The minimum absolute atomic E-state index is 0.230. The molecule has 1 aromatic heterocycles. The van der Waals surface area contributed by atoms with Gasteiger partial charge in [0.1, 0.15) is 0 Å². The van der Waals surface area contributed by atoms with Gasteiger partial charge >= 0.3 is 0 Å². The molecule has 1 unspecified atom stereocenters.